The Hall–Kier alpha value is -2.89. The molecular formula is C21H24FNO4. The largest absolute Gasteiger partial charge is 0.494 e. The van der Waals surface area contributed by atoms with Gasteiger partial charge in [-0.05, 0) is 49.1 Å². The molecule has 0 saturated carbocycles. The molecule has 0 fully saturated rings. The van der Waals surface area contributed by atoms with Crippen LogP contribution >= 0.6 is 0 Å². The third kappa shape index (κ3) is 5.06. The number of amides is 1. The van der Waals surface area contributed by atoms with Crippen molar-refractivity contribution in [2.24, 2.45) is 0 Å². The van der Waals surface area contributed by atoms with Gasteiger partial charge >= 0.3 is 5.97 Å². The molecule has 5 nitrogen and oxygen atoms in total. The lowest BCUT2D eigenvalue weighted by Gasteiger charge is -2.18. The summed E-state index contributed by atoms with van der Waals surface area (Å²) in [4.78, 5) is 24.6. The van der Waals surface area contributed by atoms with Crippen LogP contribution in [0.1, 0.15) is 49.0 Å². The molecule has 0 unspecified atom stereocenters. The minimum Gasteiger partial charge on any atom is -0.494 e. The summed E-state index contributed by atoms with van der Waals surface area (Å²) in [6.45, 7) is 5.62. The summed E-state index contributed by atoms with van der Waals surface area (Å²) in [5.41, 5.74) is 1.72. The summed E-state index contributed by atoms with van der Waals surface area (Å²) in [6.07, 6.45) is -0.104. The number of carbonyl (C=O) groups is 2. The fourth-order valence-electron chi connectivity index (χ4n) is 2.57. The number of ether oxygens (including phenoxy) is 2. The van der Waals surface area contributed by atoms with Crippen molar-refractivity contribution in [2.75, 3.05) is 12.4 Å². The Morgan fingerprint density at radius 3 is 2.48 bits per heavy atom. The monoisotopic (exact) mass is 373 g/mol. The van der Waals surface area contributed by atoms with E-state index < -0.39 is 23.8 Å². The maximum Gasteiger partial charge on any atom is 0.339 e. The van der Waals surface area contributed by atoms with Crippen LogP contribution in [0.2, 0.25) is 0 Å². The SMILES string of the molecule is CC[C@@H](C)c1ccccc1NC(=O)[C@@H](C)OC(=O)c1ccc(OC)c(F)c1. The molecule has 0 heterocycles. The number of nitrogens with one attached hydrogen (secondary N) is 1. The Bertz CT molecular complexity index is 822. The molecule has 0 aliphatic rings. The third-order valence-corrected chi connectivity index (χ3v) is 4.40. The maximum absolute atomic E-state index is 13.7. The Morgan fingerprint density at radius 1 is 1.15 bits per heavy atom. The average molecular weight is 373 g/mol. The highest BCUT2D eigenvalue weighted by Gasteiger charge is 2.21. The highest BCUT2D eigenvalue weighted by Crippen LogP contribution is 2.26. The van der Waals surface area contributed by atoms with Crippen LogP contribution in [0.25, 0.3) is 0 Å². The number of halogens is 1. The minimum absolute atomic E-state index is 0.00737. The normalized spacial score (nSPS) is 12.8. The maximum atomic E-state index is 13.7. The van der Waals surface area contributed by atoms with Crippen LogP contribution in [0.15, 0.2) is 42.5 Å². The lowest BCUT2D eigenvalue weighted by molar-refractivity contribution is -0.123. The van der Waals surface area contributed by atoms with Crippen LogP contribution in [-0.4, -0.2) is 25.1 Å². The lowest BCUT2D eigenvalue weighted by Crippen LogP contribution is -2.30. The first-order valence-corrected chi connectivity index (χ1v) is 8.81. The standard InChI is InChI=1S/C21H24FNO4/c1-5-13(2)16-8-6-7-9-18(16)23-20(24)14(3)27-21(25)15-10-11-19(26-4)17(22)12-15/h6-14H,5H2,1-4H3,(H,23,24)/t13-,14-/m1/s1. The second kappa shape index (κ2) is 9.16. The first kappa shape index (κ1) is 20.4. The number of esters is 1. The van der Waals surface area contributed by atoms with Crippen molar-refractivity contribution < 1.29 is 23.5 Å². The number of hydrogen-bond acceptors (Lipinski definition) is 4. The molecule has 2 rings (SSSR count). The lowest BCUT2D eigenvalue weighted by atomic mass is 9.97. The van der Waals surface area contributed by atoms with Crippen LogP contribution in [0.4, 0.5) is 10.1 Å². The molecule has 0 aromatic heterocycles. The summed E-state index contributed by atoms with van der Waals surface area (Å²) in [5, 5.41) is 2.80. The Labute approximate surface area is 158 Å². The summed E-state index contributed by atoms with van der Waals surface area (Å²) in [7, 11) is 1.33. The number of para-hydroxylation sites is 1. The van der Waals surface area contributed by atoms with E-state index in [-0.39, 0.29) is 17.2 Å². The number of benzene rings is 2. The van der Waals surface area contributed by atoms with Gasteiger partial charge in [0.15, 0.2) is 17.7 Å². The zero-order chi connectivity index (χ0) is 20.0. The topological polar surface area (TPSA) is 64.6 Å². The first-order chi connectivity index (χ1) is 12.9. The minimum atomic E-state index is -1.03. The van der Waals surface area contributed by atoms with E-state index in [9.17, 15) is 14.0 Å². The van der Waals surface area contributed by atoms with E-state index in [4.69, 9.17) is 9.47 Å². The van der Waals surface area contributed by atoms with Gasteiger partial charge in [-0.3, -0.25) is 4.79 Å². The van der Waals surface area contributed by atoms with E-state index in [1.54, 1.807) is 0 Å². The first-order valence-electron chi connectivity index (χ1n) is 8.81. The number of anilines is 1. The second-order valence-electron chi connectivity index (χ2n) is 6.28. The van der Waals surface area contributed by atoms with Gasteiger partial charge in [0, 0.05) is 5.69 Å². The fraction of sp³-hybridized carbons (Fsp3) is 0.333. The molecule has 2 aromatic rings. The van der Waals surface area contributed by atoms with Gasteiger partial charge < -0.3 is 14.8 Å². The Kier molecular flexibility index (Phi) is 6.93. The van der Waals surface area contributed by atoms with Crippen LogP contribution in [-0.2, 0) is 9.53 Å². The molecule has 0 bridgehead atoms. The molecule has 0 aliphatic heterocycles. The van der Waals surface area contributed by atoms with Crippen LogP contribution in [0.3, 0.4) is 0 Å². The molecule has 0 radical (unpaired) electrons. The molecule has 1 amide bonds. The smallest absolute Gasteiger partial charge is 0.339 e. The summed E-state index contributed by atoms with van der Waals surface area (Å²) >= 11 is 0. The Balaban J connectivity index is 2.06. The van der Waals surface area contributed by atoms with Gasteiger partial charge in [-0.1, -0.05) is 32.0 Å². The van der Waals surface area contributed by atoms with Crippen LogP contribution in [0, 0.1) is 5.82 Å². The quantitative estimate of drug-likeness (QED) is 0.724. The zero-order valence-electron chi connectivity index (χ0n) is 15.9. The van der Waals surface area contributed by atoms with Gasteiger partial charge in [-0.2, -0.15) is 0 Å². The number of carbonyl (C=O) groups excluding carboxylic acids is 2. The Morgan fingerprint density at radius 2 is 1.85 bits per heavy atom. The molecule has 2 aromatic carbocycles. The molecule has 27 heavy (non-hydrogen) atoms. The van der Waals surface area contributed by atoms with E-state index in [2.05, 4.69) is 19.2 Å². The van der Waals surface area contributed by atoms with E-state index in [0.29, 0.717) is 5.69 Å². The predicted molar refractivity (Wildman–Crippen MR) is 102 cm³/mol. The molecule has 0 aliphatic carbocycles. The molecule has 0 spiro atoms. The molecule has 0 saturated heterocycles. The fourth-order valence-corrected chi connectivity index (χ4v) is 2.57. The average Bonchev–Trinajstić information content (AvgIpc) is 2.67. The van der Waals surface area contributed by atoms with Crippen molar-refractivity contribution in [2.45, 2.75) is 39.2 Å². The molecule has 2 atom stereocenters. The van der Waals surface area contributed by atoms with Gasteiger partial charge in [-0.25, -0.2) is 9.18 Å². The van der Waals surface area contributed by atoms with Crippen molar-refractivity contribution >= 4 is 17.6 Å². The number of methoxy groups -OCH3 is 1. The van der Waals surface area contributed by atoms with Crippen molar-refractivity contribution in [3.05, 3.63) is 59.4 Å². The van der Waals surface area contributed by atoms with Gasteiger partial charge in [-0.15, -0.1) is 0 Å². The number of rotatable bonds is 7. The molecule has 1 N–H and O–H groups in total. The van der Waals surface area contributed by atoms with Gasteiger partial charge in [0.25, 0.3) is 5.91 Å². The van der Waals surface area contributed by atoms with E-state index in [0.717, 1.165) is 18.1 Å². The van der Waals surface area contributed by atoms with Gasteiger partial charge in [0.2, 0.25) is 0 Å². The number of hydrogen-bond donors (Lipinski definition) is 1. The molecular weight excluding hydrogens is 349 g/mol. The summed E-state index contributed by atoms with van der Waals surface area (Å²) in [5.74, 6) is -1.60. The van der Waals surface area contributed by atoms with Crippen molar-refractivity contribution in [1.82, 2.24) is 0 Å². The van der Waals surface area contributed by atoms with E-state index in [1.165, 1.54) is 26.2 Å². The molecule has 144 valence electrons. The molecule has 6 heteroatoms. The highest BCUT2D eigenvalue weighted by molar-refractivity contribution is 5.97. The highest BCUT2D eigenvalue weighted by atomic mass is 19.1. The van der Waals surface area contributed by atoms with Gasteiger partial charge in [0.05, 0.1) is 12.7 Å². The zero-order valence-corrected chi connectivity index (χ0v) is 15.9. The van der Waals surface area contributed by atoms with Crippen LogP contribution < -0.4 is 10.1 Å². The summed E-state index contributed by atoms with van der Waals surface area (Å²) in [6, 6.07) is 11.3. The van der Waals surface area contributed by atoms with Crippen molar-refractivity contribution in [3.8, 4) is 5.75 Å². The van der Waals surface area contributed by atoms with Gasteiger partial charge in [0.1, 0.15) is 0 Å². The van der Waals surface area contributed by atoms with E-state index >= 15 is 0 Å². The van der Waals surface area contributed by atoms with Crippen molar-refractivity contribution in [1.29, 1.82) is 0 Å². The van der Waals surface area contributed by atoms with E-state index in [1.807, 2.05) is 24.3 Å². The second-order valence-corrected chi connectivity index (χ2v) is 6.28. The predicted octanol–water partition coefficient (Wildman–Crippen LogP) is 4.53. The summed E-state index contributed by atoms with van der Waals surface area (Å²) < 4.78 is 23.7. The van der Waals surface area contributed by atoms with Crippen LogP contribution in [0.5, 0.6) is 5.75 Å². The third-order valence-electron chi connectivity index (χ3n) is 4.40. The van der Waals surface area contributed by atoms with Crippen molar-refractivity contribution in [3.63, 3.8) is 0 Å².